The molecule has 0 amide bonds. The van der Waals surface area contributed by atoms with Crippen molar-refractivity contribution in [3.05, 3.63) is 24.0 Å². The Morgan fingerprint density at radius 3 is 2.89 bits per heavy atom. The molecular weight excluding hydrogens is 247 g/mol. The Kier molecular flexibility index (Phi) is 3.51. The maximum Gasteiger partial charge on any atom is 0.417 e. The second-order valence-corrected chi connectivity index (χ2v) is 4.03. The zero-order chi connectivity index (χ0) is 13.2. The van der Waals surface area contributed by atoms with Gasteiger partial charge < -0.3 is 15.0 Å². The zero-order valence-electron chi connectivity index (χ0n) is 9.44. The Balaban J connectivity index is 2.29. The average molecular weight is 259 g/mol. The molecule has 1 aliphatic rings. The van der Waals surface area contributed by atoms with E-state index < -0.39 is 17.8 Å². The highest BCUT2D eigenvalue weighted by atomic mass is 19.4. The molecule has 18 heavy (non-hydrogen) atoms. The predicted molar refractivity (Wildman–Crippen MR) is 59.3 cm³/mol. The number of alkyl halides is 3. The molecule has 1 unspecified atom stereocenters. The topological polar surface area (TPSA) is 45.2 Å². The molecule has 98 valence electrons. The van der Waals surface area contributed by atoms with Crippen molar-refractivity contribution in [1.82, 2.24) is 10.3 Å². The van der Waals surface area contributed by atoms with Crippen LogP contribution in [-0.4, -0.2) is 36.9 Å². The summed E-state index contributed by atoms with van der Waals surface area (Å²) in [7, 11) is 0. The van der Waals surface area contributed by atoms with Gasteiger partial charge >= 0.3 is 6.18 Å². The molecular formula is C11H12F3N3O. The number of carbonyl (C=O) groups is 1. The van der Waals surface area contributed by atoms with E-state index in [1.165, 1.54) is 6.20 Å². The number of nitrogens with one attached hydrogen (secondary N) is 1. The molecule has 1 atom stereocenters. The van der Waals surface area contributed by atoms with E-state index in [-0.39, 0.29) is 0 Å². The largest absolute Gasteiger partial charge is 0.417 e. The van der Waals surface area contributed by atoms with Crippen LogP contribution in [0.4, 0.5) is 18.9 Å². The number of rotatable bonds is 2. The van der Waals surface area contributed by atoms with Crippen molar-refractivity contribution in [1.29, 1.82) is 0 Å². The van der Waals surface area contributed by atoms with E-state index in [2.05, 4.69) is 10.3 Å². The van der Waals surface area contributed by atoms with Gasteiger partial charge in [-0.3, -0.25) is 4.98 Å². The summed E-state index contributed by atoms with van der Waals surface area (Å²) in [5, 5.41) is 3.01. The van der Waals surface area contributed by atoms with E-state index in [0.717, 1.165) is 18.5 Å². The molecule has 1 aromatic rings. The monoisotopic (exact) mass is 259 g/mol. The van der Waals surface area contributed by atoms with Crippen LogP contribution in [-0.2, 0) is 11.0 Å². The first-order chi connectivity index (χ1) is 8.52. The Labute approximate surface area is 102 Å². The maximum absolute atomic E-state index is 12.6. The van der Waals surface area contributed by atoms with Crippen molar-refractivity contribution >= 4 is 12.0 Å². The fourth-order valence-corrected chi connectivity index (χ4v) is 1.91. The summed E-state index contributed by atoms with van der Waals surface area (Å²) < 4.78 is 37.7. The molecule has 1 aromatic heterocycles. The molecule has 4 nitrogen and oxygen atoms in total. The minimum Gasteiger partial charge on any atom is -0.358 e. The van der Waals surface area contributed by atoms with Gasteiger partial charge in [-0.05, 0) is 6.07 Å². The summed E-state index contributed by atoms with van der Waals surface area (Å²) in [6, 6.07) is 0.568. The van der Waals surface area contributed by atoms with Crippen molar-refractivity contribution in [3.8, 4) is 0 Å². The van der Waals surface area contributed by atoms with Crippen LogP contribution in [0.1, 0.15) is 5.56 Å². The van der Waals surface area contributed by atoms with Crippen molar-refractivity contribution in [2.24, 2.45) is 0 Å². The van der Waals surface area contributed by atoms with Crippen LogP contribution < -0.4 is 10.2 Å². The minimum atomic E-state index is -4.42. The number of nitrogens with zero attached hydrogens (tertiary/aromatic N) is 2. The Hall–Kier alpha value is -1.63. The van der Waals surface area contributed by atoms with Crippen LogP contribution in [0.25, 0.3) is 0 Å². The molecule has 1 N–H and O–H groups in total. The number of aromatic nitrogens is 1. The van der Waals surface area contributed by atoms with Crippen molar-refractivity contribution in [2.45, 2.75) is 12.2 Å². The molecule has 2 heterocycles. The van der Waals surface area contributed by atoms with Gasteiger partial charge in [0.15, 0.2) is 0 Å². The minimum absolute atomic E-state index is 0.323. The zero-order valence-corrected chi connectivity index (χ0v) is 9.44. The molecule has 0 spiro atoms. The van der Waals surface area contributed by atoms with Gasteiger partial charge in [0.2, 0.25) is 0 Å². The second kappa shape index (κ2) is 4.93. The molecule has 7 heteroatoms. The lowest BCUT2D eigenvalue weighted by molar-refractivity contribution is -0.137. The highest BCUT2D eigenvalue weighted by molar-refractivity contribution is 5.67. The van der Waals surface area contributed by atoms with Crippen LogP contribution in [0.3, 0.4) is 0 Å². The van der Waals surface area contributed by atoms with Gasteiger partial charge in [-0.1, -0.05) is 0 Å². The van der Waals surface area contributed by atoms with Gasteiger partial charge in [0, 0.05) is 25.8 Å². The highest BCUT2D eigenvalue weighted by Gasteiger charge is 2.32. The molecule has 2 rings (SSSR count). The second-order valence-electron chi connectivity index (χ2n) is 4.03. The normalized spacial score (nSPS) is 20.8. The van der Waals surface area contributed by atoms with Gasteiger partial charge in [-0.2, -0.15) is 13.2 Å². The third-order valence-corrected chi connectivity index (χ3v) is 2.82. The lowest BCUT2D eigenvalue weighted by atomic mass is 10.1. The molecule has 0 radical (unpaired) electrons. The van der Waals surface area contributed by atoms with Gasteiger partial charge in [-0.15, -0.1) is 0 Å². The van der Waals surface area contributed by atoms with Crippen LogP contribution in [0.2, 0.25) is 0 Å². The molecule has 0 aromatic carbocycles. The summed E-state index contributed by atoms with van der Waals surface area (Å²) in [5.41, 5.74) is -0.480. The fraction of sp³-hybridized carbons (Fsp3) is 0.455. The Morgan fingerprint density at radius 2 is 2.22 bits per heavy atom. The standard InChI is InChI=1S/C11H12F3N3O/c12-11(13,14)8-3-9(5-16-4-8)17-2-1-15-6-10(17)7-18/h3-5,7,10,15H,1-2,6H2. The van der Waals surface area contributed by atoms with E-state index in [4.69, 9.17) is 0 Å². The number of pyridine rings is 1. The quantitative estimate of drug-likeness (QED) is 0.807. The first-order valence-corrected chi connectivity index (χ1v) is 5.47. The number of piperazine rings is 1. The Bertz CT molecular complexity index is 436. The molecule has 1 fully saturated rings. The van der Waals surface area contributed by atoms with Crippen LogP contribution in [0, 0.1) is 0 Å². The van der Waals surface area contributed by atoms with Gasteiger partial charge in [-0.25, -0.2) is 0 Å². The summed E-state index contributed by atoms with van der Waals surface area (Å²) in [6.45, 7) is 1.53. The number of hydrogen-bond acceptors (Lipinski definition) is 4. The van der Waals surface area contributed by atoms with Crippen LogP contribution in [0.5, 0.6) is 0 Å². The predicted octanol–water partition coefficient (Wildman–Crippen LogP) is 1.08. The smallest absolute Gasteiger partial charge is 0.358 e. The maximum atomic E-state index is 12.6. The molecule has 0 bridgehead atoms. The number of hydrogen-bond donors (Lipinski definition) is 1. The summed E-state index contributed by atoms with van der Waals surface area (Å²) >= 11 is 0. The van der Waals surface area contributed by atoms with E-state index in [9.17, 15) is 18.0 Å². The van der Waals surface area contributed by atoms with E-state index in [1.807, 2.05) is 0 Å². The fourth-order valence-electron chi connectivity index (χ4n) is 1.91. The third-order valence-electron chi connectivity index (χ3n) is 2.82. The third kappa shape index (κ3) is 2.61. The summed E-state index contributed by atoms with van der Waals surface area (Å²) in [4.78, 5) is 16.1. The molecule has 1 aliphatic heterocycles. The Morgan fingerprint density at radius 1 is 1.44 bits per heavy atom. The number of aldehydes is 1. The number of halogens is 3. The summed E-state index contributed by atoms with van der Waals surface area (Å²) in [5.74, 6) is 0. The molecule has 0 saturated carbocycles. The lowest BCUT2D eigenvalue weighted by Gasteiger charge is -2.34. The van der Waals surface area contributed by atoms with Gasteiger partial charge in [0.05, 0.1) is 23.5 Å². The first kappa shape index (κ1) is 12.8. The van der Waals surface area contributed by atoms with Crippen LogP contribution in [0.15, 0.2) is 18.5 Å². The van der Waals surface area contributed by atoms with E-state index in [0.29, 0.717) is 25.3 Å². The molecule has 1 saturated heterocycles. The van der Waals surface area contributed by atoms with E-state index >= 15 is 0 Å². The van der Waals surface area contributed by atoms with Crippen molar-refractivity contribution in [3.63, 3.8) is 0 Å². The SMILES string of the molecule is O=CC1CNCCN1c1cncc(C(F)(F)F)c1. The molecule has 0 aliphatic carbocycles. The van der Waals surface area contributed by atoms with Crippen LogP contribution >= 0.6 is 0 Å². The van der Waals surface area contributed by atoms with Gasteiger partial charge in [0.1, 0.15) is 6.29 Å². The number of carbonyl (C=O) groups excluding carboxylic acids is 1. The first-order valence-electron chi connectivity index (χ1n) is 5.47. The van der Waals surface area contributed by atoms with E-state index in [1.54, 1.807) is 4.90 Å². The highest BCUT2D eigenvalue weighted by Crippen LogP contribution is 2.31. The summed E-state index contributed by atoms with van der Waals surface area (Å²) in [6.07, 6.45) is -1.57. The van der Waals surface area contributed by atoms with Gasteiger partial charge in [0.25, 0.3) is 0 Å². The van der Waals surface area contributed by atoms with Crippen molar-refractivity contribution < 1.29 is 18.0 Å². The van der Waals surface area contributed by atoms with Crippen molar-refractivity contribution in [2.75, 3.05) is 24.5 Å². The average Bonchev–Trinajstić information content (AvgIpc) is 2.38. The lowest BCUT2D eigenvalue weighted by Crippen LogP contribution is -2.52. The number of anilines is 1.